The van der Waals surface area contributed by atoms with Crippen LogP contribution >= 0.6 is 0 Å². The maximum atomic E-state index is 13.2. The molecule has 0 spiro atoms. The Morgan fingerprint density at radius 3 is 2.19 bits per heavy atom. The van der Waals surface area contributed by atoms with Crippen LogP contribution in [0.1, 0.15) is 25.5 Å². The summed E-state index contributed by atoms with van der Waals surface area (Å²) in [5.74, 6) is -0.340. The van der Waals surface area contributed by atoms with Crippen LogP contribution in [0.15, 0.2) is 54.6 Å². The summed E-state index contributed by atoms with van der Waals surface area (Å²) < 4.78 is 5.18. The molecule has 0 saturated carbocycles. The maximum absolute atomic E-state index is 13.2. The van der Waals surface area contributed by atoms with E-state index in [4.69, 9.17) is 4.74 Å². The monoisotopic (exact) mass is 354 g/mol. The number of carbonyl (C=O) groups is 1. The molecule has 2 aromatic rings. The van der Waals surface area contributed by atoms with Crippen molar-refractivity contribution in [3.63, 3.8) is 0 Å². The second-order valence-electron chi connectivity index (χ2n) is 6.81. The fraction of sp³-hybridized carbons (Fsp3) is 0.350. The number of carbonyl (C=O) groups excluding carboxylic acids is 1. The molecule has 3 atom stereocenters. The van der Waals surface area contributed by atoms with Gasteiger partial charge in [0.1, 0.15) is 17.7 Å². The number of amides is 1. The van der Waals surface area contributed by atoms with Gasteiger partial charge in [-0.1, -0.05) is 44.2 Å². The van der Waals surface area contributed by atoms with E-state index in [1.54, 1.807) is 36.3 Å². The molecule has 1 fully saturated rings. The number of benzene rings is 2. The van der Waals surface area contributed by atoms with Crippen LogP contribution in [0.3, 0.4) is 0 Å². The number of nitro groups is 1. The molecule has 6 heteroatoms. The highest BCUT2D eigenvalue weighted by atomic mass is 16.6. The number of anilines is 1. The molecule has 26 heavy (non-hydrogen) atoms. The lowest BCUT2D eigenvalue weighted by Gasteiger charge is -2.25. The normalized spacial score (nSPS) is 22.7. The highest BCUT2D eigenvalue weighted by Crippen LogP contribution is 2.44. The Labute approximate surface area is 152 Å². The van der Waals surface area contributed by atoms with Crippen molar-refractivity contribution in [1.82, 2.24) is 0 Å². The van der Waals surface area contributed by atoms with E-state index in [1.165, 1.54) is 0 Å². The third kappa shape index (κ3) is 3.03. The van der Waals surface area contributed by atoms with Crippen LogP contribution in [-0.2, 0) is 4.79 Å². The molecule has 1 aliphatic rings. The first-order valence-corrected chi connectivity index (χ1v) is 8.61. The molecule has 1 amide bonds. The van der Waals surface area contributed by atoms with Crippen molar-refractivity contribution in [2.75, 3.05) is 12.0 Å². The first-order valence-electron chi connectivity index (χ1n) is 8.61. The number of hydrogen-bond acceptors (Lipinski definition) is 4. The highest BCUT2D eigenvalue weighted by molar-refractivity contribution is 5.99. The predicted octanol–water partition coefficient (Wildman–Crippen LogP) is 3.70. The average Bonchev–Trinajstić information content (AvgIpc) is 2.96. The molecule has 0 N–H and O–H groups in total. The Bertz CT molecular complexity index is 789. The minimum Gasteiger partial charge on any atom is -0.497 e. The van der Waals surface area contributed by atoms with Crippen LogP contribution in [0, 0.1) is 22.0 Å². The fourth-order valence-corrected chi connectivity index (χ4v) is 3.75. The van der Waals surface area contributed by atoms with Crippen molar-refractivity contribution < 1.29 is 14.5 Å². The zero-order chi connectivity index (χ0) is 18.8. The molecular weight excluding hydrogens is 332 g/mol. The molecule has 1 heterocycles. The number of rotatable bonds is 5. The highest BCUT2D eigenvalue weighted by Gasteiger charge is 2.57. The van der Waals surface area contributed by atoms with Gasteiger partial charge in [0.05, 0.1) is 7.11 Å². The van der Waals surface area contributed by atoms with Crippen molar-refractivity contribution >= 4 is 11.6 Å². The number of ether oxygens (including phenoxy) is 1. The molecule has 1 aliphatic heterocycles. The Morgan fingerprint density at radius 1 is 1.08 bits per heavy atom. The fourth-order valence-electron chi connectivity index (χ4n) is 3.75. The van der Waals surface area contributed by atoms with Crippen LogP contribution in [-0.4, -0.2) is 24.0 Å². The summed E-state index contributed by atoms with van der Waals surface area (Å²) in [6.07, 6.45) is 0. The van der Waals surface area contributed by atoms with E-state index >= 15 is 0 Å². The van der Waals surface area contributed by atoms with Crippen molar-refractivity contribution in [2.24, 2.45) is 11.8 Å². The average molecular weight is 354 g/mol. The smallest absolute Gasteiger partial charge is 0.249 e. The molecule has 3 rings (SSSR count). The zero-order valence-corrected chi connectivity index (χ0v) is 15.0. The van der Waals surface area contributed by atoms with E-state index < -0.39 is 18.0 Å². The van der Waals surface area contributed by atoms with Gasteiger partial charge in [-0.3, -0.25) is 19.8 Å². The standard InChI is InChI=1S/C20H22N2O4/c1-13(2)17-19(22(24)25)18(14-7-5-4-6-8-14)21(20(17)23)15-9-11-16(26-3)12-10-15/h4-13,17-19H,1-3H3/t17-,18+,19-/m0/s1. The van der Waals surface area contributed by atoms with Gasteiger partial charge in [-0.15, -0.1) is 0 Å². The van der Waals surface area contributed by atoms with Crippen LogP contribution < -0.4 is 9.64 Å². The lowest BCUT2D eigenvalue weighted by molar-refractivity contribution is -0.531. The molecule has 0 aliphatic carbocycles. The van der Waals surface area contributed by atoms with Gasteiger partial charge in [-0.25, -0.2) is 0 Å². The van der Waals surface area contributed by atoms with Crippen molar-refractivity contribution in [1.29, 1.82) is 0 Å². The molecule has 0 bridgehead atoms. The second kappa shape index (κ2) is 7.15. The summed E-state index contributed by atoms with van der Waals surface area (Å²) >= 11 is 0. The van der Waals surface area contributed by atoms with Crippen molar-refractivity contribution in [2.45, 2.75) is 25.9 Å². The number of methoxy groups -OCH3 is 1. The number of hydrogen-bond donors (Lipinski definition) is 0. The summed E-state index contributed by atoms with van der Waals surface area (Å²) in [4.78, 5) is 26.4. The van der Waals surface area contributed by atoms with Crippen LogP contribution in [0.4, 0.5) is 5.69 Å². The van der Waals surface area contributed by atoms with Gasteiger partial charge in [-0.2, -0.15) is 0 Å². The van der Waals surface area contributed by atoms with Gasteiger partial charge in [0.15, 0.2) is 0 Å². The van der Waals surface area contributed by atoms with Crippen LogP contribution in [0.25, 0.3) is 0 Å². The summed E-state index contributed by atoms with van der Waals surface area (Å²) in [5.41, 5.74) is 1.40. The Hall–Kier alpha value is -2.89. The van der Waals surface area contributed by atoms with Gasteiger partial charge < -0.3 is 4.74 Å². The lowest BCUT2D eigenvalue weighted by Crippen LogP contribution is -2.34. The first-order chi connectivity index (χ1) is 12.5. The summed E-state index contributed by atoms with van der Waals surface area (Å²) in [5, 5.41) is 11.9. The Morgan fingerprint density at radius 2 is 1.69 bits per heavy atom. The summed E-state index contributed by atoms with van der Waals surface area (Å²) in [6.45, 7) is 3.72. The molecule has 6 nitrogen and oxygen atoms in total. The minimum atomic E-state index is -0.994. The van der Waals surface area contributed by atoms with E-state index in [0.29, 0.717) is 11.4 Å². The zero-order valence-electron chi connectivity index (χ0n) is 15.0. The van der Waals surface area contributed by atoms with Gasteiger partial charge in [0.2, 0.25) is 11.9 Å². The minimum absolute atomic E-state index is 0.132. The molecular formula is C20H22N2O4. The third-order valence-electron chi connectivity index (χ3n) is 4.95. The van der Waals surface area contributed by atoms with Crippen LogP contribution in [0.5, 0.6) is 5.75 Å². The molecule has 0 radical (unpaired) electrons. The van der Waals surface area contributed by atoms with E-state index in [9.17, 15) is 14.9 Å². The van der Waals surface area contributed by atoms with Gasteiger partial charge in [0, 0.05) is 10.6 Å². The van der Waals surface area contributed by atoms with E-state index in [1.807, 2.05) is 44.2 Å². The largest absolute Gasteiger partial charge is 0.497 e. The van der Waals surface area contributed by atoms with Gasteiger partial charge in [0.25, 0.3) is 0 Å². The van der Waals surface area contributed by atoms with Crippen LogP contribution in [0.2, 0.25) is 0 Å². The summed E-state index contributed by atoms with van der Waals surface area (Å²) in [6, 6.07) is 14.6. The second-order valence-corrected chi connectivity index (χ2v) is 6.81. The van der Waals surface area contributed by atoms with E-state index in [2.05, 4.69) is 0 Å². The molecule has 0 aromatic heterocycles. The number of nitrogens with zero attached hydrogens (tertiary/aromatic N) is 2. The Kier molecular flexibility index (Phi) is 4.93. The predicted molar refractivity (Wildman–Crippen MR) is 98.8 cm³/mol. The maximum Gasteiger partial charge on any atom is 0.249 e. The van der Waals surface area contributed by atoms with Crippen molar-refractivity contribution in [3.8, 4) is 5.75 Å². The molecule has 136 valence electrons. The third-order valence-corrected chi connectivity index (χ3v) is 4.95. The molecule has 2 aromatic carbocycles. The molecule has 0 unspecified atom stereocenters. The first kappa shape index (κ1) is 17.9. The van der Waals surface area contributed by atoms with Gasteiger partial charge in [-0.05, 0) is 35.7 Å². The Balaban J connectivity index is 2.14. The SMILES string of the molecule is COc1ccc(N2C(=O)[C@@H](C(C)C)[C@H]([N+](=O)[O-])[C@H]2c2ccccc2)cc1. The quantitative estimate of drug-likeness (QED) is 0.606. The van der Waals surface area contributed by atoms with E-state index in [-0.39, 0.29) is 16.7 Å². The van der Waals surface area contributed by atoms with E-state index in [0.717, 1.165) is 5.56 Å². The summed E-state index contributed by atoms with van der Waals surface area (Å²) in [7, 11) is 1.57. The molecule has 1 saturated heterocycles. The van der Waals surface area contributed by atoms with Gasteiger partial charge >= 0.3 is 0 Å². The van der Waals surface area contributed by atoms with Crippen molar-refractivity contribution in [3.05, 3.63) is 70.3 Å². The lowest BCUT2D eigenvalue weighted by atomic mass is 9.86. The topological polar surface area (TPSA) is 72.7 Å².